The van der Waals surface area contributed by atoms with Gasteiger partial charge in [-0.25, -0.2) is 0 Å². The van der Waals surface area contributed by atoms with Gasteiger partial charge >= 0.3 is 5.97 Å². The van der Waals surface area contributed by atoms with Crippen molar-refractivity contribution in [1.82, 2.24) is 9.80 Å². The second-order valence-electron chi connectivity index (χ2n) is 10.9. The zero-order chi connectivity index (χ0) is 24.3. The molecule has 2 aromatic rings. The number of aliphatic carboxylic acids is 1. The van der Waals surface area contributed by atoms with Gasteiger partial charge < -0.3 is 14.9 Å². The van der Waals surface area contributed by atoms with Crippen molar-refractivity contribution in [1.29, 1.82) is 0 Å². The van der Waals surface area contributed by atoms with Crippen LogP contribution in [0.1, 0.15) is 63.1 Å². The van der Waals surface area contributed by atoms with Crippen LogP contribution in [0.5, 0.6) is 0 Å². The Hall–Kier alpha value is -2.66. The van der Waals surface area contributed by atoms with Crippen molar-refractivity contribution >= 4 is 11.9 Å². The van der Waals surface area contributed by atoms with Crippen LogP contribution in [0, 0.1) is 5.41 Å². The Kier molecular flexibility index (Phi) is 7.42. The first-order valence-corrected chi connectivity index (χ1v) is 12.6. The standard InChI is InChI=1S/C29H38N2O3/c1-21-5-4-14-30(21)15-12-22-6-8-23(9-7-22)24-10-11-26-20-31(16-13-25(26)17-24)27(32)18-29(2,3)19-28(33)34/h6-11,17,21H,4-5,12-16,18-20H2,1-3H3,(H,33,34)/t21-/m1/s1. The number of hydrogen-bond donors (Lipinski definition) is 1. The van der Waals surface area contributed by atoms with Gasteiger partial charge in [-0.3, -0.25) is 9.59 Å². The van der Waals surface area contributed by atoms with Gasteiger partial charge in [0, 0.05) is 32.1 Å². The number of fused-ring (bicyclic) bond motifs is 1. The number of carboxylic acids is 1. The van der Waals surface area contributed by atoms with Crippen LogP contribution in [0.2, 0.25) is 0 Å². The average molecular weight is 463 g/mol. The number of benzene rings is 2. The average Bonchev–Trinajstić information content (AvgIpc) is 3.20. The van der Waals surface area contributed by atoms with E-state index in [1.165, 1.54) is 47.2 Å². The van der Waals surface area contributed by atoms with Gasteiger partial charge in [0.2, 0.25) is 5.91 Å². The summed E-state index contributed by atoms with van der Waals surface area (Å²) in [5.74, 6) is -0.816. The smallest absolute Gasteiger partial charge is 0.303 e. The van der Waals surface area contributed by atoms with Gasteiger partial charge in [0.05, 0.1) is 6.42 Å². The van der Waals surface area contributed by atoms with Crippen LogP contribution in [0.25, 0.3) is 11.1 Å². The normalized spacial score (nSPS) is 18.7. The maximum absolute atomic E-state index is 12.8. The molecule has 2 aromatic carbocycles. The van der Waals surface area contributed by atoms with Crippen molar-refractivity contribution in [2.45, 2.75) is 71.9 Å². The van der Waals surface area contributed by atoms with Crippen molar-refractivity contribution in [3.8, 4) is 11.1 Å². The summed E-state index contributed by atoms with van der Waals surface area (Å²) in [4.78, 5) is 28.4. The summed E-state index contributed by atoms with van der Waals surface area (Å²) in [6.07, 6.45) is 4.85. The highest BCUT2D eigenvalue weighted by Crippen LogP contribution is 2.30. The van der Waals surface area contributed by atoms with E-state index in [2.05, 4.69) is 54.3 Å². The number of carbonyl (C=O) groups excluding carboxylic acids is 1. The third-order valence-corrected chi connectivity index (χ3v) is 7.50. The quantitative estimate of drug-likeness (QED) is 0.589. The molecule has 0 unspecified atom stereocenters. The van der Waals surface area contributed by atoms with E-state index in [9.17, 15) is 9.59 Å². The van der Waals surface area contributed by atoms with Gasteiger partial charge in [0.25, 0.3) is 0 Å². The summed E-state index contributed by atoms with van der Waals surface area (Å²) in [6.45, 7) is 9.70. The minimum Gasteiger partial charge on any atom is -0.481 e. The van der Waals surface area contributed by atoms with Gasteiger partial charge in [0.1, 0.15) is 0 Å². The molecule has 1 N–H and O–H groups in total. The van der Waals surface area contributed by atoms with E-state index >= 15 is 0 Å². The van der Waals surface area contributed by atoms with E-state index in [1.807, 2.05) is 18.7 Å². The Labute approximate surface area is 203 Å². The summed E-state index contributed by atoms with van der Waals surface area (Å²) in [7, 11) is 0. The van der Waals surface area contributed by atoms with Crippen LogP contribution in [-0.2, 0) is 29.0 Å². The molecule has 1 saturated heterocycles. The highest BCUT2D eigenvalue weighted by atomic mass is 16.4. The van der Waals surface area contributed by atoms with E-state index in [0.29, 0.717) is 13.1 Å². The molecule has 1 fully saturated rings. The van der Waals surface area contributed by atoms with E-state index in [-0.39, 0.29) is 18.7 Å². The first kappa shape index (κ1) is 24.5. The fourth-order valence-corrected chi connectivity index (χ4v) is 5.40. The Morgan fingerprint density at radius 1 is 1.00 bits per heavy atom. The molecule has 5 nitrogen and oxygen atoms in total. The molecule has 0 radical (unpaired) electrons. The number of nitrogens with zero attached hydrogens (tertiary/aromatic N) is 2. The molecule has 2 aliphatic heterocycles. The van der Waals surface area contributed by atoms with Gasteiger partial charge in [0.15, 0.2) is 0 Å². The van der Waals surface area contributed by atoms with Crippen molar-refractivity contribution in [2.75, 3.05) is 19.6 Å². The second kappa shape index (κ2) is 10.3. The van der Waals surface area contributed by atoms with Gasteiger partial charge in [-0.2, -0.15) is 0 Å². The highest BCUT2D eigenvalue weighted by molar-refractivity contribution is 5.78. The second-order valence-corrected chi connectivity index (χ2v) is 10.9. The molecule has 0 bridgehead atoms. The topological polar surface area (TPSA) is 60.9 Å². The Morgan fingerprint density at radius 3 is 2.41 bits per heavy atom. The molecule has 5 heteroatoms. The predicted octanol–water partition coefficient (Wildman–Crippen LogP) is 5.16. The lowest BCUT2D eigenvalue weighted by Gasteiger charge is -2.32. The molecular weight excluding hydrogens is 424 g/mol. The number of carboxylic acid groups (broad SMARTS) is 1. The molecule has 182 valence electrons. The fraction of sp³-hybridized carbons (Fsp3) is 0.517. The maximum Gasteiger partial charge on any atom is 0.303 e. The maximum atomic E-state index is 12.8. The van der Waals surface area contributed by atoms with Crippen molar-refractivity contribution < 1.29 is 14.7 Å². The molecule has 2 heterocycles. The zero-order valence-electron chi connectivity index (χ0n) is 20.8. The van der Waals surface area contributed by atoms with Crippen molar-refractivity contribution in [3.63, 3.8) is 0 Å². The lowest BCUT2D eigenvalue weighted by molar-refractivity contribution is -0.141. The van der Waals surface area contributed by atoms with Crippen LogP contribution in [0.4, 0.5) is 0 Å². The lowest BCUT2D eigenvalue weighted by atomic mass is 9.84. The van der Waals surface area contributed by atoms with Crippen LogP contribution in [0.15, 0.2) is 42.5 Å². The fourth-order valence-electron chi connectivity index (χ4n) is 5.40. The molecule has 4 rings (SSSR count). The minimum absolute atomic E-state index is 0.00267. The molecular formula is C29H38N2O3. The molecule has 1 atom stereocenters. The molecule has 0 aliphatic carbocycles. The first-order chi connectivity index (χ1) is 16.2. The molecule has 0 spiro atoms. The van der Waals surface area contributed by atoms with Gasteiger partial charge in [-0.15, -0.1) is 0 Å². The Bertz CT molecular complexity index is 1030. The summed E-state index contributed by atoms with van der Waals surface area (Å²) in [5, 5.41) is 9.09. The Balaban J connectivity index is 1.36. The van der Waals surface area contributed by atoms with E-state index in [4.69, 9.17) is 5.11 Å². The summed E-state index contributed by atoms with van der Waals surface area (Å²) >= 11 is 0. The first-order valence-electron chi connectivity index (χ1n) is 12.6. The molecule has 0 saturated carbocycles. The number of amides is 1. The van der Waals surface area contributed by atoms with E-state index in [1.54, 1.807) is 0 Å². The van der Waals surface area contributed by atoms with Crippen LogP contribution < -0.4 is 0 Å². The molecule has 2 aliphatic rings. The SMILES string of the molecule is C[C@@H]1CCCN1CCc1ccc(-c2ccc3c(c2)CCN(C(=O)CC(C)(C)CC(=O)O)C3)cc1. The third kappa shape index (κ3) is 6.06. The van der Waals surface area contributed by atoms with Crippen molar-refractivity contribution in [2.24, 2.45) is 5.41 Å². The zero-order valence-corrected chi connectivity index (χ0v) is 20.8. The summed E-state index contributed by atoms with van der Waals surface area (Å²) in [6, 6.07) is 16.3. The summed E-state index contributed by atoms with van der Waals surface area (Å²) < 4.78 is 0. The largest absolute Gasteiger partial charge is 0.481 e. The highest BCUT2D eigenvalue weighted by Gasteiger charge is 2.29. The van der Waals surface area contributed by atoms with Crippen LogP contribution in [-0.4, -0.2) is 52.5 Å². The van der Waals surface area contributed by atoms with Crippen LogP contribution >= 0.6 is 0 Å². The minimum atomic E-state index is -0.858. The van der Waals surface area contributed by atoms with E-state index < -0.39 is 11.4 Å². The molecule has 1 amide bonds. The van der Waals surface area contributed by atoms with Gasteiger partial charge in [-0.1, -0.05) is 56.3 Å². The molecule has 0 aromatic heterocycles. The van der Waals surface area contributed by atoms with Crippen molar-refractivity contribution in [3.05, 3.63) is 59.2 Å². The third-order valence-electron chi connectivity index (χ3n) is 7.50. The number of hydrogen-bond acceptors (Lipinski definition) is 3. The number of likely N-dealkylation sites (tertiary alicyclic amines) is 1. The number of carbonyl (C=O) groups is 2. The molecule has 34 heavy (non-hydrogen) atoms. The van der Waals surface area contributed by atoms with E-state index in [0.717, 1.165) is 25.4 Å². The Morgan fingerprint density at radius 2 is 1.74 bits per heavy atom. The monoisotopic (exact) mass is 462 g/mol. The number of rotatable bonds is 8. The van der Waals surface area contributed by atoms with Gasteiger partial charge in [-0.05, 0) is 72.4 Å². The lowest BCUT2D eigenvalue weighted by Crippen LogP contribution is -2.38. The van der Waals surface area contributed by atoms with Crippen LogP contribution in [0.3, 0.4) is 0 Å². The summed E-state index contributed by atoms with van der Waals surface area (Å²) in [5.41, 5.74) is 5.80. The predicted molar refractivity (Wildman–Crippen MR) is 136 cm³/mol.